The van der Waals surface area contributed by atoms with Crippen molar-refractivity contribution in [2.45, 2.75) is 81.7 Å². The van der Waals surface area contributed by atoms with E-state index < -0.39 is 0 Å². The smallest absolute Gasteiger partial charge is 0.248 e. The highest BCUT2D eigenvalue weighted by molar-refractivity contribution is 8.00. The molecule has 2 heterocycles. The van der Waals surface area contributed by atoms with Gasteiger partial charge in [0.25, 0.3) is 0 Å². The van der Waals surface area contributed by atoms with Crippen molar-refractivity contribution in [1.82, 2.24) is 15.8 Å². The Hall–Kier alpha value is -0.300. The zero-order chi connectivity index (χ0) is 17.9. The van der Waals surface area contributed by atoms with E-state index in [1.165, 1.54) is 50.7 Å². The fourth-order valence-corrected chi connectivity index (χ4v) is 6.76. The number of hydrazine groups is 1. The van der Waals surface area contributed by atoms with Gasteiger partial charge in [-0.3, -0.25) is 15.6 Å². The molecule has 26 heavy (non-hydrogen) atoms. The van der Waals surface area contributed by atoms with Crippen LogP contribution in [0.15, 0.2) is 0 Å². The lowest BCUT2D eigenvalue weighted by Gasteiger charge is -2.35. The molecule has 2 aliphatic heterocycles. The molecule has 148 valence electrons. The number of hydrogen-bond acceptors (Lipinski definition) is 5. The lowest BCUT2D eigenvalue weighted by Crippen LogP contribution is -2.51. The average Bonchev–Trinajstić information content (AvgIpc) is 3.39. The maximum Gasteiger partial charge on any atom is 0.248 e. The summed E-state index contributed by atoms with van der Waals surface area (Å²) in [4.78, 5) is 15.2. The van der Waals surface area contributed by atoms with Crippen LogP contribution >= 0.6 is 11.8 Å². The minimum absolute atomic E-state index is 0.188. The number of rotatable bonds is 6. The third-order valence-corrected chi connectivity index (χ3v) is 8.43. The first-order valence-electron chi connectivity index (χ1n) is 10.7. The van der Waals surface area contributed by atoms with Crippen molar-refractivity contribution in [1.29, 1.82) is 0 Å². The minimum atomic E-state index is 0.188. The average molecular weight is 382 g/mol. The Labute approximate surface area is 162 Å². The first kappa shape index (κ1) is 19.0. The summed E-state index contributed by atoms with van der Waals surface area (Å²) in [6, 6.07) is 0.525. The van der Waals surface area contributed by atoms with Gasteiger partial charge in [-0.25, -0.2) is 0 Å². The predicted molar refractivity (Wildman–Crippen MR) is 106 cm³/mol. The zero-order valence-corrected chi connectivity index (χ0v) is 16.9. The normalized spacial score (nSPS) is 39.9. The number of thioether (sulfide) groups is 1. The Morgan fingerprint density at radius 1 is 1.15 bits per heavy atom. The molecular weight excluding hydrogens is 346 g/mol. The Morgan fingerprint density at radius 3 is 2.81 bits per heavy atom. The van der Waals surface area contributed by atoms with Crippen LogP contribution in [0.1, 0.15) is 58.3 Å². The highest BCUT2D eigenvalue weighted by Crippen LogP contribution is 2.42. The van der Waals surface area contributed by atoms with E-state index in [4.69, 9.17) is 4.74 Å². The molecule has 0 spiro atoms. The number of amides is 1. The van der Waals surface area contributed by atoms with Crippen molar-refractivity contribution in [3.05, 3.63) is 0 Å². The Kier molecular flexibility index (Phi) is 6.44. The van der Waals surface area contributed by atoms with Gasteiger partial charge >= 0.3 is 0 Å². The molecular formula is C20H35N3O2S. The van der Waals surface area contributed by atoms with Crippen LogP contribution in [0.2, 0.25) is 0 Å². The fourth-order valence-electron chi connectivity index (χ4n) is 5.49. The van der Waals surface area contributed by atoms with Gasteiger partial charge in [-0.05, 0) is 56.6 Å². The molecule has 5 nitrogen and oxygen atoms in total. The van der Waals surface area contributed by atoms with Crippen molar-refractivity contribution in [2.75, 3.05) is 25.4 Å². The van der Waals surface area contributed by atoms with Crippen LogP contribution in [0.3, 0.4) is 0 Å². The molecule has 1 amide bonds. The third kappa shape index (κ3) is 4.40. The molecule has 0 bridgehead atoms. The van der Waals surface area contributed by atoms with Crippen LogP contribution < -0.4 is 10.9 Å². The monoisotopic (exact) mass is 381 g/mol. The Morgan fingerprint density at radius 2 is 2.04 bits per heavy atom. The quantitative estimate of drug-likeness (QED) is 0.741. The lowest BCUT2D eigenvalue weighted by molar-refractivity contribution is -0.141. The van der Waals surface area contributed by atoms with Gasteiger partial charge in [0, 0.05) is 24.4 Å². The third-order valence-electron chi connectivity index (χ3n) is 7.05. The second-order valence-electron chi connectivity index (χ2n) is 8.76. The first-order valence-corrected chi connectivity index (χ1v) is 11.8. The summed E-state index contributed by atoms with van der Waals surface area (Å²) in [5, 5.41) is 0.598. The van der Waals surface area contributed by atoms with Crippen LogP contribution in [0.25, 0.3) is 0 Å². The van der Waals surface area contributed by atoms with Gasteiger partial charge in [0.15, 0.2) is 0 Å². The second-order valence-corrected chi connectivity index (χ2v) is 10.2. The number of nitrogens with zero attached hydrogens (tertiary/aromatic N) is 1. The number of ether oxygens (including phenoxy) is 1. The highest BCUT2D eigenvalue weighted by Gasteiger charge is 2.36. The topological polar surface area (TPSA) is 53.6 Å². The molecule has 0 aromatic rings. The van der Waals surface area contributed by atoms with E-state index in [0.29, 0.717) is 17.4 Å². The van der Waals surface area contributed by atoms with E-state index in [0.717, 1.165) is 31.3 Å². The van der Waals surface area contributed by atoms with Crippen LogP contribution in [0.4, 0.5) is 0 Å². The van der Waals surface area contributed by atoms with Gasteiger partial charge in [0.1, 0.15) is 6.61 Å². The summed E-state index contributed by atoms with van der Waals surface area (Å²) >= 11 is 2.03. The summed E-state index contributed by atoms with van der Waals surface area (Å²) in [6.45, 7) is 4.13. The molecule has 2 saturated carbocycles. The standard InChI is InChI=1S/C20H35N3O2S/c1-14-19(11-21-22-14)23(12-18-6-3-9-26-18)20(24)13-25-17-8-7-15-4-2-5-16(15)10-17/h14-19,21-22H,2-13H2,1H3. The number of carbonyl (C=O) groups excluding carboxylic acids is 1. The van der Waals surface area contributed by atoms with E-state index in [-0.39, 0.29) is 18.6 Å². The Bertz CT molecular complexity index is 486. The zero-order valence-electron chi connectivity index (χ0n) is 16.1. The molecule has 4 rings (SSSR count). The number of hydrogen-bond donors (Lipinski definition) is 2. The molecule has 0 aromatic heterocycles. The largest absolute Gasteiger partial charge is 0.368 e. The van der Waals surface area contributed by atoms with Crippen molar-refractivity contribution in [3.63, 3.8) is 0 Å². The molecule has 0 radical (unpaired) electrons. The van der Waals surface area contributed by atoms with E-state index in [1.807, 2.05) is 11.8 Å². The maximum atomic E-state index is 13.1. The SMILES string of the molecule is CC1NNCC1N(CC1CCCS1)C(=O)COC1CCC2CCCC2C1. The van der Waals surface area contributed by atoms with Gasteiger partial charge in [-0.1, -0.05) is 19.3 Å². The molecule has 6 heteroatoms. The van der Waals surface area contributed by atoms with Gasteiger partial charge < -0.3 is 9.64 Å². The van der Waals surface area contributed by atoms with Gasteiger partial charge in [0.05, 0.1) is 12.1 Å². The molecule has 2 saturated heterocycles. The summed E-state index contributed by atoms with van der Waals surface area (Å²) in [5.41, 5.74) is 6.49. The summed E-state index contributed by atoms with van der Waals surface area (Å²) < 4.78 is 6.15. The lowest BCUT2D eigenvalue weighted by atomic mass is 9.80. The van der Waals surface area contributed by atoms with Gasteiger partial charge in [-0.15, -0.1) is 0 Å². The minimum Gasteiger partial charge on any atom is -0.368 e. The van der Waals surface area contributed by atoms with Crippen molar-refractivity contribution < 1.29 is 9.53 Å². The van der Waals surface area contributed by atoms with E-state index in [2.05, 4.69) is 22.7 Å². The second kappa shape index (κ2) is 8.80. The number of fused-ring (bicyclic) bond motifs is 1. The highest BCUT2D eigenvalue weighted by atomic mass is 32.2. The van der Waals surface area contributed by atoms with Crippen molar-refractivity contribution in [2.24, 2.45) is 11.8 Å². The fraction of sp³-hybridized carbons (Fsp3) is 0.950. The number of nitrogens with one attached hydrogen (secondary N) is 2. The maximum absolute atomic E-state index is 13.1. The van der Waals surface area contributed by atoms with Crippen molar-refractivity contribution in [3.8, 4) is 0 Å². The molecule has 0 aromatic carbocycles. The summed E-state index contributed by atoms with van der Waals surface area (Å²) in [6.07, 6.45) is 10.7. The summed E-state index contributed by atoms with van der Waals surface area (Å²) in [7, 11) is 0. The molecule has 6 unspecified atom stereocenters. The Balaban J connectivity index is 1.31. The van der Waals surface area contributed by atoms with Crippen molar-refractivity contribution >= 4 is 17.7 Å². The molecule has 6 atom stereocenters. The van der Waals surface area contributed by atoms with E-state index >= 15 is 0 Å². The molecule has 4 fully saturated rings. The van der Waals surface area contributed by atoms with E-state index in [9.17, 15) is 4.79 Å². The van der Waals surface area contributed by atoms with Crippen LogP contribution in [-0.2, 0) is 9.53 Å². The predicted octanol–water partition coefficient (Wildman–Crippen LogP) is 2.56. The van der Waals surface area contributed by atoms with E-state index in [1.54, 1.807) is 0 Å². The molecule has 2 aliphatic carbocycles. The first-order chi connectivity index (χ1) is 12.7. The van der Waals surface area contributed by atoms with Crippen LogP contribution in [0, 0.1) is 11.8 Å². The number of carbonyl (C=O) groups is 1. The van der Waals surface area contributed by atoms with Gasteiger partial charge in [-0.2, -0.15) is 11.8 Å². The van der Waals surface area contributed by atoms with Crippen LogP contribution in [-0.4, -0.2) is 59.7 Å². The van der Waals surface area contributed by atoms with Crippen LogP contribution in [0.5, 0.6) is 0 Å². The molecule has 2 N–H and O–H groups in total. The molecule has 4 aliphatic rings. The van der Waals surface area contributed by atoms with Gasteiger partial charge in [0.2, 0.25) is 5.91 Å². The summed E-state index contributed by atoms with van der Waals surface area (Å²) in [5.74, 6) is 3.23.